The highest BCUT2D eigenvalue weighted by atomic mass is 16.5. The third-order valence-electron chi connectivity index (χ3n) is 2.49. The van der Waals surface area contributed by atoms with Gasteiger partial charge in [0.15, 0.2) is 0 Å². The number of aliphatic hydroxyl groups excluding tert-OH is 1. The van der Waals surface area contributed by atoms with E-state index < -0.39 is 12.0 Å². The lowest BCUT2D eigenvalue weighted by atomic mass is 9.83. The smallest absolute Gasteiger partial charge is 0.325 e. The van der Waals surface area contributed by atoms with E-state index in [2.05, 4.69) is 0 Å². The number of hydrogen-bond acceptors (Lipinski definition) is 4. The third-order valence-corrected chi connectivity index (χ3v) is 2.49. The molecule has 1 rings (SSSR count). The van der Waals surface area contributed by atoms with Crippen molar-refractivity contribution in [3.8, 4) is 0 Å². The monoisotopic (exact) mass is 187 g/mol. The van der Waals surface area contributed by atoms with Crippen molar-refractivity contribution in [3.05, 3.63) is 0 Å². The van der Waals surface area contributed by atoms with Crippen molar-refractivity contribution in [1.29, 1.82) is 0 Å². The molecule has 76 valence electrons. The number of carbonyl (C=O) groups is 1. The number of rotatable bonds is 5. The zero-order chi connectivity index (χ0) is 9.68. The predicted octanol–water partition coefficient (Wildman–Crippen LogP) is 0.0394. The van der Waals surface area contributed by atoms with Gasteiger partial charge >= 0.3 is 5.97 Å². The van der Waals surface area contributed by atoms with E-state index in [4.69, 9.17) is 15.6 Å². The molecule has 0 unspecified atom stereocenters. The minimum absolute atomic E-state index is 0.345. The van der Waals surface area contributed by atoms with Crippen molar-refractivity contribution >= 4 is 5.97 Å². The second-order valence-electron chi connectivity index (χ2n) is 3.54. The fraction of sp³-hybridized carbons (Fsp3) is 0.889. The van der Waals surface area contributed by atoms with Crippen LogP contribution in [0.25, 0.3) is 0 Å². The zero-order valence-corrected chi connectivity index (χ0v) is 7.74. The van der Waals surface area contributed by atoms with Crippen molar-refractivity contribution in [2.45, 2.75) is 31.7 Å². The topological polar surface area (TPSA) is 72.5 Å². The maximum atomic E-state index is 11.0. The van der Waals surface area contributed by atoms with Crippen LogP contribution in [-0.2, 0) is 9.53 Å². The number of ether oxygens (including phenoxy) is 1. The maximum Gasteiger partial charge on any atom is 0.325 e. The van der Waals surface area contributed by atoms with Crippen LogP contribution in [0.4, 0.5) is 0 Å². The highest BCUT2D eigenvalue weighted by molar-refractivity contribution is 5.75. The van der Waals surface area contributed by atoms with E-state index >= 15 is 0 Å². The summed E-state index contributed by atoms with van der Waals surface area (Å²) in [5.41, 5.74) is 5.26. The highest BCUT2D eigenvalue weighted by Gasteiger charge is 2.18. The lowest BCUT2D eigenvalue weighted by molar-refractivity contribution is -0.146. The summed E-state index contributed by atoms with van der Waals surface area (Å²) in [6.07, 6.45) is 4.74. The molecule has 1 aliphatic rings. The summed E-state index contributed by atoms with van der Waals surface area (Å²) >= 11 is 0. The Bertz CT molecular complexity index is 168. The van der Waals surface area contributed by atoms with Gasteiger partial charge in [0, 0.05) is 0 Å². The van der Waals surface area contributed by atoms with E-state index in [0.717, 1.165) is 12.3 Å². The summed E-state index contributed by atoms with van der Waals surface area (Å²) in [6.45, 7) is 0.0967. The quantitative estimate of drug-likeness (QED) is 0.596. The fourth-order valence-corrected chi connectivity index (χ4v) is 1.29. The summed E-state index contributed by atoms with van der Waals surface area (Å²) in [5, 5.41) is 8.55. The summed E-state index contributed by atoms with van der Waals surface area (Å²) in [7, 11) is 0. The minimum atomic E-state index is -0.874. The molecule has 0 amide bonds. The van der Waals surface area contributed by atoms with Gasteiger partial charge in [-0.25, -0.2) is 0 Å². The molecule has 0 saturated heterocycles. The van der Waals surface area contributed by atoms with Gasteiger partial charge in [-0.2, -0.15) is 0 Å². The number of hydrogen-bond donors (Lipinski definition) is 2. The van der Waals surface area contributed by atoms with Crippen molar-refractivity contribution in [2.75, 3.05) is 13.2 Å². The molecule has 0 aromatic rings. The van der Waals surface area contributed by atoms with Gasteiger partial charge in [0.05, 0.1) is 13.2 Å². The van der Waals surface area contributed by atoms with Gasteiger partial charge in [-0.05, 0) is 12.3 Å². The van der Waals surface area contributed by atoms with Crippen LogP contribution >= 0.6 is 0 Å². The molecule has 1 atom stereocenters. The van der Waals surface area contributed by atoms with Gasteiger partial charge < -0.3 is 15.6 Å². The van der Waals surface area contributed by atoms with Gasteiger partial charge in [-0.3, -0.25) is 4.79 Å². The first-order chi connectivity index (χ1) is 6.24. The van der Waals surface area contributed by atoms with Crippen molar-refractivity contribution in [3.63, 3.8) is 0 Å². The number of carbonyl (C=O) groups excluding carboxylic acids is 1. The highest BCUT2D eigenvalue weighted by Crippen LogP contribution is 2.29. The summed E-state index contributed by atoms with van der Waals surface area (Å²) in [5.74, 6) is 0.236. The van der Waals surface area contributed by atoms with E-state index in [1.54, 1.807) is 0 Å². The Hall–Kier alpha value is -0.610. The molecule has 1 saturated carbocycles. The largest absolute Gasteiger partial charge is 0.464 e. The summed E-state index contributed by atoms with van der Waals surface area (Å²) in [4.78, 5) is 11.0. The van der Waals surface area contributed by atoms with Gasteiger partial charge in [0.1, 0.15) is 6.04 Å². The second-order valence-corrected chi connectivity index (χ2v) is 3.54. The summed E-state index contributed by atoms with van der Waals surface area (Å²) < 4.78 is 4.88. The molecule has 0 aromatic carbocycles. The molecule has 0 radical (unpaired) electrons. The molecule has 0 aromatic heterocycles. The molecule has 0 heterocycles. The first kappa shape index (κ1) is 10.5. The Morgan fingerprint density at radius 1 is 1.62 bits per heavy atom. The first-order valence-electron chi connectivity index (χ1n) is 4.77. The van der Waals surface area contributed by atoms with Crippen LogP contribution in [-0.4, -0.2) is 30.3 Å². The molecule has 4 heteroatoms. The summed E-state index contributed by atoms with van der Waals surface area (Å²) in [6, 6.07) is -0.874. The van der Waals surface area contributed by atoms with Crippen LogP contribution < -0.4 is 5.73 Å². The van der Waals surface area contributed by atoms with Crippen LogP contribution in [0, 0.1) is 5.92 Å². The SMILES string of the molecule is N[C@H](CO)C(=O)OCCC1CCC1. The van der Waals surface area contributed by atoms with E-state index in [9.17, 15) is 4.79 Å². The average Bonchev–Trinajstić information content (AvgIpc) is 2.07. The fourth-order valence-electron chi connectivity index (χ4n) is 1.29. The van der Waals surface area contributed by atoms with E-state index in [1.165, 1.54) is 19.3 Å². The van der Waals surface area contributed by atoms with Gasteiger partial charge in [-0.15, -0.1) is 0 Å². The van der Waals surface area contributed by atoms with Crippen molar-refractivity contribution in [2.24, 2.45) is 11.7 Å². The molecular weight excluding hydrogens is 170 g/mol. The maximum absolute atomic E-state index is 11.0. The van der Waals surface area contributed by atoms with Crippen LogP contribution in [0.1, 0.15) is 25.7 Å². The molecule has 0 bridgehead atoms. The van der Waals surface area contributed by atoms with Crippen LogP contribution in [0.2, 0.25) is 0 Å². The Morgan fingerprint density at radius 2 is 2.31 bits per heavy atom. The molecule has 1 aliphatic carbocycles. The molecule has 0 spiro atoms. The first-order valence-corrected chi connectivity index (χ1v) is 4.77. The van der Waals surface area contributed by atoms with E-state index in [0.29, 0.717) is 6.61 Å². The Morgan fingerprint density at radius 3 is 2.77 bits per heavy atom. The van der Waals surface area contributed by atoms with Gasteiger partial charge in [0.2, 0.25) is 0 Å². The molecule has 3 N–H and O–H groups in total. The predicted molar refractivity (Wildman–Crippen MR) is 48.0 cm³/mol. The van der Waals surface area contributed by atoms with Gasteiger partial charge in [-0.1, -0.05) is 19.3 Å². The molecule has 4 nitrogen and oxygen atoms in total. The second kappa shape index (κ2) is 5.19. The lowest BCUT2D eigenvalue weighted by Gasteiger charge is -2.24. The van der Waals surface area contributed by atoms with Crippen molar-refractivity contribution in [1.82, 2.24) is 0 Å². The average molecular weight is 187 g/mol. The van der Waals surface area contributed by atoms with Crippen LogP contribution in [0.15, 0.2) is 0 Å². The molecule has 0 aliphatic heterocycles. The molecule has 13 heavy (non-hydrogen) atoms. The van der Waals surface area contributed by atoms with E-state index in [1.807, 2.05) is 0 Å². The Labute approximate surface area is 78.1 Å². The zero-order valence-electron chi connectivity index (χ0n) is 7.74. The van der Waals surface area contributed by atoms with Gasteiger partial charge in [0.25, 0.3) is 0 Å². The third kappa shape index (κ3) is 3.32. The number of aliphatic hydroxyl groups is 1. The van der Waals surface area contributed by atoms with Crippen molar-refractivity contribution < 1.29 is 14.6 Å². The number of nitrogens with two attached hydrogens (primary N) is 1. The Balaban J connectivity index is 2.00. The minimum Gasteiger partial charge on any atom is -0.464 e. The lowest BCUT2D eigenvalue weighted by Crippen LogP contribution is -2.36. The Kier molecular flexibility index (Phi) is 4.18. The normalized spacial score (nSPS) is 19.2. The van der Waals surface area contributed by atoms with Crippen LogP contribution in [0.5, 0.6) is 0 Å². The molecule has 1 fully saturated rings. The molecular formula is C9H17NO3. The number of esters is 1. The van der Waals surface area contributed by atoms with E-state index in [-0.39, 0.29) is 6.61 Å². The standard InChI is InChI=1S/C9H17NO3/c10-8(6-11)9(12)13-5-4-7-2-1-3-7/h7-8,11H,1-6,10H2/t8-/m1/s1. The van der Waals surface area contributed by atoms with Crippen LogP contribution in [0.3, 0.4) is 0 Å².